The van der Waals surface area contributed by atoms with Crippen LogP contribution in [0.1, 0.15) is 28.4 Å². The molecule has 1 atom stereocenters. The Hall–Kier alpha value is -2.49. The van der Waals surface area contributed by atoms with E-state index in [1.165, 1.54) is 0 Å². The predicted molar refractivity (Wildman–Crippen MR) is 91.4 cm³/mol. The van der Waals surface area contributed by atoms with Gasteiger partial charge in [-0.2, -0.15) is 0 Å². The lowest BCUT2D eigenvalue weighted by molar-refractivity contribution is 0.102. The van der Waals surface area contributed by atoms with Gasteiger partial charge in [-0.15, -0.1) is 0 Å². The first-order valence-corrected chi connectivity index (χ1v) is 9.59. The fourth-order valence-electron chi connectivity index (χ4n) is 2.68. The molecule has 1 unspecified atom stereocenters. The Balaban J connectivity index is 1.81. The molecule has 134 valence electrons. The van der Waals surface area contributed by atoms with E-state index in [1.54, 1.807) is 37.9 Å². The van der Waals surface area contributed by atoms with Crippen LogP contribution in [0.2, 0.25) is 0 Å². The van der Waals surface area contributed by atoms with Gasteiger partial charge in [0.25, 0.3) is 5.91 Å². The second-order valence-corrected chi connectivity index (χ2v) is 8.37. The van der Waals surface area contributed by atoms with Crippen molar-refractivity contribution in [2.45, 2.75) is 26.3 Å². The van der Waals surface area contributed by atoms with E-state index in [-0.39, 0.29) is 23.2 Å². The summed E-state index contributed by atoms with van der Waals surface area (Å²) in [5.41, 5.74) is 0.787. The molecule has 0 spiro atoms. The summed E-state index contributed by atoms with van der Waals surface area (Å²) in [7, 11) is -1.28. The van der Waals surface area contributed by atoms with Crippen LogP contribution in [0.25, 0.3) is 0 Å². The zero-order valence-corrected chi connectivity index (χ0v) is 15.0. The highest BCUT2D eigenvalue weighted by Gasteiger charge is 2.32. The lowest BCUT2D eigenvalue weighted by Crippen LogP contribution is -2.34. The van der Waals surface area contributed by atoms with Gasteiger partial charge in [0.05, 0.1) is 11.5 Å². The third-order valence-electron chi connectivity index (χ3n) is 4.02. The van der Waals surface area contributed by atoms with Gasteiger partial charge in [0, 0.05) is 24.8 Å². The van der Waals surface area contributed by atoms with E-state index in [1.807, 2.05) is 0 Å². The van der Waals surface area contributed by atoms with Gasteiger partial charge < -0.3 is 14.7 Å². The van der Waals surface area contributed by atoms with Gasteiger partial charge in [-0.3, -0.25) is 4.79 Å². The molecule has 1 fully saturated rings. The van der Waals surface area contributed by atoms with Gasteiger partial charge in [0.15, 0.2) is 15.7 Å². The van der Waals surface area contributed by atoms with Gasteiger partial charge in [-0.1, -0.05) is 5.16 Å². The van der Waals surface area contributed by atoms with Crippen molar-refractivity contribution >= 4 is 27.5 Å². The Morgan fingerprint density at radius 1 is 1.32 bits per heavy atom. The van der Waals surface area contributed by atoms with Crippen molar-refractivity contribution in [2.24, 2.45) is 0 Å². The van der Waals surface area contributed by atoms with Crippen molar-refractivity contribution in [3.8, 4) is 0 Å². The molecule has 0 aliphatic carbocycles. The molecule has 1 aliphatic rings. The highest BCUT2D eigenvalue weighted by molar-refractivity contribution is 7.91. The van der Waals surface area contributed by atoms with Gasteiger partial charge in [-0.25, -0.2) is 18.4 Å². The maximum atomic E-state index is 12.4. The monoisotopic (exact) mass is 365 g/mol. The van der Waals surface area contributed by atoms with Gasteiger partial charge >= 0.3 is 0 Å². The van der Waals surface area contributed by atoms with E-state index < -0.39 is 15.7 Å². The second kappa shape index (κ2) is 6.43. The Bertz CT molecular complexity index is 908. The smallest absolute Gasteiger partial charge is 0.275 e. The first-order chi connectivity index (χ1) is 11.7. The summed E-state index contributed by atoms with van der Waals surface area (Å²) in [6.07, 6.45) is 0.524. The minimum absolute atomic E-state index is 0.0700. The summed E-state index contributed by atoms with van der Waals surface area (Å²) in [6.45, 7) is 3.47. The molecule has 1 saturated heterocycles. The standard InChI is InChI=1S/C15H19N5O4S/c1-9-6-12(14(21)18-13-7-10(2)24-19-13)17-15(16-9)20(3)11-4-5-25(22,23)8-11/h6-7,11H,4-5,8H2,1-3H3,(H,18,19,21). The molecule has 0 saturated carbocycles. The predicted octanol–water partition coefficient (Wildman–Crippen LogP) is 0.957. The number of aryl methyl sites for hydroxylation is 2. The quantitative estimate of drug-likeness (QED) is 0.851. The summed E-state index contributed by atoms with van der Waals surface area (Å²) >= 11 is 0. The summed E-state index contributed by atoms with van der Waals surface area (Å²) in [5.74, 6) is 0.997. The summed E-state index contributed by atoms with van der Waals surface area (Å²) in [4.78, 5) is 22.7. The molecular formula is C15H19N5O4S. The fourth-order valence-corrected chi connectivity index (χ4v) is 4.45. The minimum Gasteiger partial charge on any atom is -0.360 e. The van der Waals surface area contributed by atoms with Crippen LogP contribution < -0.4 is 10.2 Å². The Labute approximate surface area is 145 Å². The van der Waals surface area contributed by atoms with Crippen LogP contribution in [0.5, 0.6) is 0 Å². The van der Waals surface area contributed by atoms with Crippen LogP contribution in [0.15, 0.2) is 16.7 Å². The number of hydrogen-bond donors (Lipinski definition) is 1. The number of anilines is 2. The number of carbonyl (C=O) groups is 1. The molecule has 1 N–H and O–H groups in total. The van der Waals surface area contributed by atoms with Gasteiger partial charge in [-0.05, 0) is 26.3 Å². The van der Waals surface area contributed by atoms with Gasteiger partial charge in [0.1, 0.15) is 11.5 Å². The summed E-state index contributed by atoms with van der Waals surface area (Å²) < 4.78 is 28.3. The molecule has 25 heavy (non-hydrogen) atoms. The van der Waals surface area contributed by atoms with Crippen molar-refractivity contribution in [3.05, 3.63) is 29.3 Å². The van der Waals surface area contributed by atoms with E-state index >= 15 is 0 Å². The van der Waals surface area contributed by atoms with Crippen LogP contribution in [-0.4, -0.2) is 54.0 Å². The molecular weight excluding hydrogens is 346 g/mol. The number of nitrogens with one attached hydrogen (secondary N) is 1. The molecule has 3 rings (SSSR count). The van der Waals surface area contributed by atoms with Crippen molar-refractivity contribution < 1.29 is 17.7 Å². The molecule has 0 radical (unpaired) electrons. The molecule has 9 nitrogen and oxygen atoms in total. The molecule has 2 aromatic heterocycles. The number of aromatic nitrogens is 3. The molecule has 3 heterocycles. The fraction of sp³-hybridized carbons (Fsp3) is 0.467. The zero-order chi connectivity index (χ0) is 18.2. The van der Waals surface area contributed by atoms with Crippen molar-refractivity contribution in [1.82, 2.24) is 15.1 Å². The summed E-state index contributed by atoms with van der Waals surface area (Å²) in [5, 5.41) is 6.32. The SMILES string of the molecule is Cc1cc(C(=O)Nc2cc(C)on2)nc(N(C)C2CCS(=O)(=O)C2)n1. The third kappa shape index (κ3) is 3.95. The Morgan fingerprint density at radius 3 is 2.68 bits per heavy atom. The number of rotatable bonds is 4. The number of hydrogen-bond acceptors (Lipinski definition) is 8. The van der Waals surface area contributed by atoms with E-state index in [0.29, 0.717) is 29.6 Å². The highest BCUT2D eigenvalue weighted by Crippen LogP contribution is 2.21. The average Bonchev–Trinajstić information content (AvgIpc) is 3.11. The Morgan fingerprint density at radius 2 is 2.08 bits per heavy atom. The molecule has 0 bridgehead atoms. The normalized spacial score (nSPS) is 18.9. The minimum atomic E-state index is -3.02. The van der Waals surface area contributed by atoms with E-state index in [0.717, 1.165) is 0 Å². The molecule has 0 aromatic carbocycles. The largest absolute Gasteiger partial charge is 0.360 e. The van der Waals surface area contributed by atoms with E-state index in [9.17, 15) is 13.2 Å². The van der Waals surface area contributed by atoms with Crippen LogP contribution in [-0.2, 0) is 9.84 Å². The highest BCUT2D eigenvalue weighted by atomic mass is 32.2. The van der Waals surface area contributed by atoms with Crippen LogP contribution in [0.4, 0.5) is 11.8 Å². The molecule has 1 aliphatic heterocycles. The number of carbonyl (C=O) groups excluding carboxylic acids is 1. The van der Waals surface area contributed by atoms with Crippen LogP contribution in [0.3, 0.4) is 0 Å². The molecule has 10 heteroatoms. The zero-order valence-electron chi connectivity index (χ0n) is 14.2. The lowest BCUT2D eigenvalue weighted by Gasteiger charge is -2.23. The second-order valence-electron chi connectivity index (χ2n) is 6.14. The first-order valence-electron chi connectivity index (χ1n) is 7.77. The third-order valence-corrected chi connectivity index (χ3v) is 5.77. The average molecular weight is 365 g/mol. The van der Waals surface area contributed by atoms with E-state index in [2.05, 4.69) is 20.4 Å². The van der Waals surface area contributed by atoms with Crippen molar-refractivity contribution in [1.29, 1.82) is 0 Å². The Kier molecular flexibility index (Phi) is 4.46. The van der Waals surface area contributed by atoms with Gasteiger partial charge in [0.2, 0.25) is 5.95 Å². The maximum absolute atomic E-state index is 12.4. The number of nitrogens with zero attached hydrogens (tertiary/aromatic N) is 4. The van der Waals surface area contributed by atoms with Crippen molar-refractivity contribution in [3.63, 3.8) is 0 Å². The number of sulfone groups is 1. The van der Waals surface area contributed by atoms with Crippen LogP contribution in [0, 0.1) is 13.8 Å². The van der Waals surface area contributed by atoms with Crippen LogP contribution >= 0.6 is 0 Å². The molecule has 2 aromatic rings. The topological polar surface area (TPSA) is 118 Å². The number of amides is 1. The molecule has 1 amide bonds. The first kappa shape index (κ1) is 17.3. The summed E-state index contributed by atoms with van der Waals surface area (Å²) in [6, 6.07) is 2.97. The van der Waals surface area contributed by atoms with Crippen molar-refractivity contribution in [2.75, 3.05) is 28.8 Å². The lowest BCUT2D eigenvalue weighted by atomic mass is 10.2. The maximum Gasteiger partial charge on any atom is 0.275 e. The van der Waals surface area contributed by atoms with E-state index in [4.69, 9.17) is 4.52 Å².